The van der Waals surface area contributed by atoms with Crippen LogP contribution in [0.3, 0.4) is 0 Å². The molecule has 0 saturated heterocycles. The summed E-state index contributed by atoms with van der Waals surface area (Å²) >= 11 is 0. The number of methoxy groups -OCH3 is 1. The molecule has 2 N–H and O–H groups in total. The summed E-state index contributed by atoms with van der Waals surface area (Å²) in [5.74, 6) is -1.89. The van der Waals surface area contributed by atoms with Crippen LogP contribution >= 0.6 is 0 Å². The van der Waals surface area contributed by atoms with E-state index >= 15 is 0 Å². The highest BCUT2D eigenvalue weighted by Gasteiger charge is 2.27. The van der Waals surface area contributed by atoms with Crippen molar-refractivity contribution in [2.24, 2.45) is 0 Å². The van der Waals surface area contributed by atoms with Crippen molar-refractivity contribution in [3.05, 3.63) is 35.9 Å². The van der Waals surface area contributed by atoms with Gasteiger partial charge in [0.15, 0.2) is 0 Å². The third-order valence-corrected chi connectivity index (χ3v) is 2.36. The predicted octanol–water partition coefficient (Wildman–Crippen LogP) is -0.0195. The highest BCUT2D eigenvalue weighted by Crippen LogP contribution is 1.98. The van der Waals surface area contributed by atoms with E-state index in [1.165, 1.54) is 6.92 Å². The van der Waals surface area contributed by atoms with Gasteiger partial charge in [-0.25, -0.2) is 4.79 Å². The van der Waals surface area contributed by atoms with E-state index in [2.05, 4.69) is 15.4 Å². The first-order valence-corrected chi connectivity index (χ1v) is 5.71. The van der Waals surface area contributed by atoms with Crippen molar-refractivity contribution >= 4 is 17.8 Å². The number of rotatable bonds is 5. The summed E-state index contributed by atoms with van der Waals surface area (Å²) in [6, 6.07) is 7.89. The molecule has 0 aliphatic rings. The van der Waals surface area contributed by atoms with Crippen molar-refractivity contribution in [1.82, 2.24) is 10.6 Å². The van der Waals surface area contributed by atoms with E-state index < -0.39 is 23.8 Å². The molecule has 0 heterocycles. The molecule has 1 unspecified atom stereocenters. The van der Waals surface area contributed by atoms with Gasteiger partial charge in [-0.05, 0) is 5.56 Å². The number of benzene rings is 1. The molecule has 0 bridgehead atoms. The number of esters is 1. The zero-order valence-electron chi connectivity index (χ0n) is 10.8. The van der Waals surface area contributed by atoms with Gasteiger partial charge in [0.25, 0.3) is 5.91 Å². The lowest BCUT2D eigenvalue weighted by Gasteiger charge is -2.15. The zero-order chi connectivity index (χ0) is 14.3. The van der Waals surface area contributed by atoms with Gasteiger partial charge in [-0.1, -0.05) is 30.3 Å². The highest BCUT2D eigenvalue weighted by molar-refractivity contribution is 6.04. The van der Waals surface area contributed by atoms with Gasteiger partial charge in [-0.15, -0.1) is 0 Å². The van der Waals surface area contributed by atoms with Gasteiger partial charge in [0.1, 0.15) is 0 Å². The van der Waals surface area contributed by atoms with Crippen molar-refractivity contribution in [2.45, 2.75) is 19.5 Å². The van der Waals surface area contributed by atoms with Crippen LogP contribution in [0.1, 0.15) is 12.5 Å². The molecule has 0 spiro atoms. The number of ether oxygens (including phenoxy) is 1. The molecule has 6 heteroatoms. The Balaban J connectivity index is 2.62. The fraction of sp³-hybridized carbons (Fsp3) is 0.308. The number of carbonyl (C=O) groups is 3. The van der Waals surface area contributed by atoms with Crippen LogP contribution in [-0.2, 0) is 25.7 Å². The first-order valence-electron chi connectivity index (χ1n) is 5.71. The van der Waals surface area contributed by atoms with E-state index in [1.54, 1.807) is 0 Å². The maximum Gasteiger partial charge on any atom is 0.338 e. The van der Waals surface area contributed by atoms with Crippen molar-refractivity contribution < 1.29 is 19.1 Å². The van der Waals surface area contributed by atoms with Gasteiger partial charge >= 0.3 is 5.97 Å². The third-order valence-electron chi connectivity index (χ3n) is 2.36. The zero-order valence-corrected chi connectivity index (χ0v) is 10.8. The molecular weight excluding hydrogens is 248 g/mol. The fourth-order valence-electron chi connectivity index (χ4n) is 1.44. The number of hydrogen-bond donors (Lipinski definition) is 2. The molecule has 1 aromatic rings. The van der Waals surface area contributed by atoms with E-state index in [-0.39, 0.29) is 6.54 Å². The van der Waals surface area contributed by atoms with E-state index in [0.717, 1.165) is 12.7 Å². The summed E-state index contributed by atoms with van der Waals surface area (Å²) in [4.78, 5) is 34.2. The minimum Gasteiger partial charge on any atom is -0.467 e. The van der Waals surface area contributed by atoms with Gasteiger partial charge in [0.2, 0.25) is 11.9 Å². The second kappa shape index (κ2) is 7.15. The molecule has 0 aromatic heterocycles. The first-order chi connectivity index (χ1) is 9.04. The Labute approximate surface area is 111 Å². The molecule has 0 saturated carbocycles. The van der Waals surface area contributed by atoms with Crippen LogP contribution in [0, 0.1) is 0 Å². The highest BCUT2D eigenvalue weighted by atomic mass is 16.5. The van der Waals surface area contributed by atoms with E-state index in [1.807, 2.05) is 30.3 Å². The second-order valence-electron chi connectivity index (χ2n) is 3.86. The van der Waals surface area contributed by atoms with Gasteiger partial charge in [-0.3, -0.25) is 9.59 Å². The molecule has 1 aromatic carbocycles. The SMILES string of the molecule is COC(=O)C(NC(C)=O)C(=O)NCc1ccccc1. The van der Waals surface area contributed by atoms with Crippen LogP contribution in [0.5, 0.6) is 0 Å². The molecule has 0 fully saturated rings. The molecular formula is C13H16N2O4. The monoisotopic (exact) mass is 264 g/mol. The lowest BCUT2D eigenvalue weighted by molar-refractivity contribution is -0.149. The Kier molecular flexibility index (Phi) is 5.53. The number of carbonyl (C=O) groups excluding carboxylic acids is 3. The van der Waals surface area contributed by atoms with Crippen molar-refractivity contribution in [1.29, 1.82) is 0 Å². The smallest absolute Gasteiger partial charge is 0.338 e. The summed E-state index contributed by atoms with van der Waals surface area (Å²) in [6.45, 7) is 1.49. The van der Waals surface area contributed by atoms with Crippen LogP contribution in [0.4, 0.5) is 0 Å². The standard InChI is InChI=1S/C13H16N2O4/c1-9(16)15-11(13(18)19-2)12(17)14-8-10-6-4-3-5-7-10/h3-7,11H,8H2,1-2H3,(H,14,17)(H,15,16). The lowest BCUT2D eigenvalue weighted by atomic mass is 10.2. The molecule has 1 rings (SSSR count). The quantitative estimate of drug-likeness (QED) is 0.578. The summed E-state index contributed by atoms with van der Waals surface area (Å²) in [6.07, 6.45) is 0. The number of amides is 2. The molecule has 0 aliphatic carbocycles. The maximum atomic E-state index is 11.8. The van der Waals surface area contributed by atoms with E-state index in [0.29, 0.717) is 0 Å². The van der Waals surface area contributed by atoms with E-state index in [4.69, 9.17) is 0 Å². The topological polar surface area (TPSA) is 84.5 Å². The van der Waals surface area contributed by atoms with Crippen LogP contribution in [0.25, 0.3) is 0 Å². The molecule has 19 heavy (non-hydrogen) atoms. The van der Waals surface area contributed by atoms with Crippen LogP contribution in [-0.4, -0.2) is 30.9 Å². The minimum absolute atomic E-state index is 0.271. The average Bonchev–Trinajstić information content (AvgIpc) is 2.42. The molecule has 2 amide bonds. The van der Waals surface area contributed by atoms with Gasteiger partial charge in [0.05, 0.1) is 7.11 Å². The average molecular weight is 264 g/mol. The molecule has 102 valence electrons. The van der Waals surface area contributed by atoms with E-state index in [9.17, 15) is 14.4 Å². The summed E-state index contributed by atoms with van der Waals surface area (Å²) in [7, 11) is 1.15. The Morgan fingerprint density at radius 1 is 1.21 bits per heavy atom. The first kappa shape index (κ1) is 14.7. The Hall–Kier alpha value is -2.37. The van der Waals surface area contributed by atoms with Gasteiger partial charge in [-0.2, -0.15) is 0 Å². The Bertz CT molecular complexity index is 459. The third kappa shape index (κ3) is 4.79. The Morgan fingerprint density at radius 2 is 1.84 bits per heavy atom. The van der Waals surface area contributed by atoms with Crippen molar-refractivity contribution in [3.63, 3.8) is 0 Å². The fourth-order valence-corrected chi connectivity index (χ4v) is 1.44. The van der Waals surface area contributed by atoms with Gasteiger partial charge in [0, 0.05) is 13.5 Å². The van der Waals surface area contributed by atoms with Gasteiger partial charge < -0.3 is 15.4 Å². The second-order valence-corrected chi connectivity index (χ2v) is 3.86. The normalized spacial score (nSPS) is 11.3. The van der Waals surface area contributed by atoms with Crippen molar-refractivity contribution in [2.75, 3.05) is 7.11 Å². The summed E-state index contributed by atoms with van der Waals surface area (Å²) in [5.41, 5.74) is 0.891. The lowest BCUT2D eigenvalue weighted by Crippen LogP contribution is -2.51. The van der Waals surface area contributed by atoms with Crippen molar-refractivity contribution in [3.8, 4) is 0 Å². The molecule has 0 aliphatic heterocycles. The van der Waals surface area contributed by atoms with Crippen LogP contribution in [0.2, 0.25) is 0 Å². The largest absolute Gasteiger partial charge is 0.467 e. The number of nitrogens with one attached hydrogen (secondary N) is 2. The number of hydrogen-bond acceptors (Lipinski definition) is 4. The minimum atomic E-state index is -1.33. The Morgan fingerprint density at radius 3 is 2.37 bits per heavy atom. The molecule has 6 nitrogen and oxygen atoms in total. The summed E-state index contributed by atoms with van der Waals surface area (Å²) in [5, 5.41) is 4.81. The summed E-state index contributed by atoms with van der Waals surface area (Å²) < 4.78 is 4.47. The predicted molar refractivity (Wildman–Crippen MR) is 67.9 cm³/mol. The maximum absolute atomic E-state index is 11.8. The molecule has 0 radical (unpaired) electrons. The van der Waals surface area contributed by atoms with Crippen LogP contribution < -0.4 is 10.6 Å². The molecule has 1 atom stereocenters. The van der Waals surface area contributed by atoms with Crippen LogP contribution in [0.15, 0.2) is 30.3 Å².